The Morgan fingerprint density at radius 3 is 2.94 bits per heavy atom. The molecule has 0 aromatic carbocycles. The standard InChI is InChI=1S/C12H13BrN2O2/c1-16-12-6-9(4-5-15-12)7-14-8-10-2-3-11(13)17-10/h2-6,14H,7-8H2,1H3. The summed E-state index contributed by atoms with van der Waals surface area (Å²) in [6, 6.07) is 7.68. The van der Waals surface area contributed by atoms with Crippen molar-refractivity contribution >= 4 is 15.9 Å². The molecular weight excluding hydrogens is 284 g/mol. The van der Waals surface area contributed by atoms with E-state index >= 15 is 0 Å². The van der Waals surface area contributed by atoms with Gasteiger partial charge in [-0.1, -0.05) is 0 Å². The molecular formula is C12H13BrN2O2. The molecule has 0 amide bonds. The molecule has 0 aliphatic rings. The Balaban J connectivity index is 1.85. The van der Waals surface area contributed by atoms with Gasteiger partial charge in [0.25, 0.3) is 0 Å². The minimum Gasteiger partial charge on any atom is -0.481 e. The topological polar surface area (TPSA) is 47.3 Å². The molecule has 90 valence electrons. The lowest BCUT2D eigenvalue weighted by molar-refractivity contribution is 0.397. The van der Waals surface area contributed by atoms with Gasteiger partial charge in [-0.2, -0.15) is 0 Å². The monoisotopic (exact) mass is 296 g/mol. The number of ether oxygens (including phenoxy) is 1. The molecule has 0 fully saturated rings. The van der Waals surface area contributed by atoms with Crippen molar-refractivity contribution in [1.82, 2.24) is 10.3 Å². The summed E-state index contributed by atoms with van der Waals surface area (Å²) in [7, 11) is 1.61. The highest BCUT2D eigenvalue weighted by atomic mass is 79.9. The molecule has 0 aliphatic carbocycles. The second-order valence-corrected chi connectivity index (χ2v) is 4.30. The third-order valence-corrected chi connectivity index (χ3v) is 2.69. The number of nitrogens with zero attached hydrogens (tertiary/aromatic N) is 1. The van der Waals surface area contributed by atoms with Crippen molar-refractivity contribution < 1.29 is 9.15 Å². The normalized spacial score (nSPS) is 10.5. The minimum atomic E-state index is 0.630. The van der Waals surface area contributed by atoms with Gasteiger partial charge < -0.3 is 14.5 Å². The number of rotatable bonds is 5. The van der Waals surface area contributed by atoms with Crippen LogP contribution in [0.4, 0.5) is 0 Å². The Hall–Kier alpha value is -1.33. The molecule has 2 rings (SSSR count). The highest BCUT2D eigenvalue weighted by Crippen LogP contribution is 2.14. The fraction of sp³-hybridized carbons (Fsp3) is 0.250. The summed E-state index contributed by atoms with van der Waals surface area (Å²) in [5, 5.41) is 3.28. The summed E-state index contributed by atoms with van der Waals surface area (Å²) in [5.74, 6) is 1.53. The molecule has 0 saturated heterocycles. The van der Waals surface area contributed by atoms with Crippen molar-refractivity contribution in [2.75, 3.05) is 7.11 Å². The van der Waals surface area contributed by atoms with Crippen LogP contribution in [0.25, 0.3) is 0 Å². The fourth-order valence-electron chi connectivity index (χ4n) is 1.45. The average molecular weight is 297 g/mol. The van der Waals surface area contributed by atoms with E-state index in [0.29, 0.717) is 12.4 Å². The minimum absolute atomic E-state index is 0.630. The van der Waals surface area contributed by atoms with Gasteiger partial charge in [0.05, 0.1) is 13.7 Å². The lowest BCUT2D eigenvalue weighted by Crippen LogP contribution is -2.12. The van der Waals surface area contributed by atoms with Gasteiger partial charge in [-0.15, -0.1) is 0 Å². The molecule has 0 unspecified atom stereocenters. The van der Waals surface area contributed by atoms with Gasteiger partial charge in [0.1, 0.15) is 5.76 Å². The molecule has 0 spiro atoms. The second kappa shape index (κ2) is 5.84. The average Bonchev–Trinajstić information content (AvgIpc) is 2.75. The number of hydrogen-bond donors (Lipinski definition) is 1. The molecule has 2 aromatic heterocycles. The van der Waals surface area contributed by atoms with E-state index in [1.54, 1.807) is 13.3 Å². The molecule has 2 heterocycles. The molecule has 0 saturated carbocycles. The summed E-state index contributed by atoms with van der Waals surface area (Å²) < 4.78 is 11.2. The van der Waals surface area contributed by atoms with Crippen LogP contribution >= 0.6 is 15.9 Å². The van der Waals surface area contributed by atoms with Crippen LogP contribution in [0, 0.1) is 0 Å². The molecule has 0 radical (unpaired) electrons. The lowest BCUT2D eigenvalue weighted by atomic mass is 10.2. The van der Waals surface area contributed by atoms with Crippen LogP contribution in [0.5, 0.6) is 5.88 Å². The molecule has 0 atom stereocenters. The van der Waals surface area contributed by atoms with Gasteiger partial charge in [-0.3, -0.25) is 0 Å². The number of aromatic nitrogens is 1. The molecule has 1 N–H and O–H groups in total. The van der Waals surface area contributed by atoms with Gasteiger partial charge >= 0.3 is 0 Å². The number of halogens is 1. The van der Waals surface area contributed by atoms with E-state index in [1.165, 1.54) is 0 Å². The van der Waals surface area contributed by atoms with E-state index in [2.05, 4.69) is 26.2 Å². The molecule has 4 nitrogen and oxygen atoms in total. The van der Waals surface area contributed by atoms with Gasteiger partial charge in [0.2, 0.25) is 5.88 Å². The molecule has 5 heteroatoms. The third kappa shape index (κ3) is 3.57. The summed E-state index contributed by atoms with van der Waals surface area (Å²) >= 11 is 3.27. The first-order valence-corrected chi connectivity index (χ1v) is 6.01. The first-order valence-electron chi connectivity index (χ1n) is 5.22. The Labute approximate surface area is 108 Å². The van der Waals surface area contributed by atoms with E-state index < -0.39 is 0 Å². The van der Waals surface area contributed by atoms with Crippen LogP contribution in [0.1, 0.15) is 11.3 Å². The zero-order chi connectivity index (χ0) is 12.1. The summed E-state index contributed by atoms with van der Waals surface area (Å²) in [6.45, 7) is 1.44. The summed E-state index contributed by atoms with van der Waals surface area (Å²) in [4.78, 5) is 4.05. The van der Waals surface area contributed by atoms with Gasteiger partial charge in [-0.05, 0) is 39.7 Å². The Kier molecular flexibility index (Phi) is 4.17. The van der Waals surface area contributed by atoms with Crippen LogP contribution in [0.2, 0.25) is 0 Å². The lowest BCUT2D eigenvalue weighted by Gasteiger charge is -2.04. The quantitative estimate of drug-likeness (QED) is 0.922. The van der Waals surface area contributed by atoms with E-state index in [9.17, 15) is 0 Å². The van der Waals surface area contributed by atoms with Crippen molar-refractivity contribution in [3.8, 4) is 5.88 Å². The van der Waals surface area contributed by atoms with Crippen molar-refractivity contribution in [2.45, 2.75) is 13.1 Å². The Bertz CT molecular complexity index is 485. The third-order valence-electron chi connectivity index (χ3n) is 2.27. The van der Waals surface area contributed by atoms with Crippen molar-refractivity contribution in [1.29, 1.82) is 0 Å². The van der Waals surface area contributed by atoms with Crippen LogP contribution in [0.3, 0.4) is 0 Å². The van der Waals surface area contributed by atoms with E-state index in [4.69, 9.17) is 9.15 Å². The zero-order valence-electron chi connectivity index (χ0n) is 9.44. The molecule has 0 aliphatic heterocycles. The zero-order valence-corrected chi connectivity index (χ0v) is 11.0. The highest BCUT2D eigenvalue weighted by Gasteiger charge is 2.00. The smallest absolute Gasteiger partial charge is 0.213 e. The van der Waals surface area contributed by atoms with Crippen LogP contribution in [0.15, 0.2) is 39.5 Å². The highest BCUT2D eigenvalue weighted by molar-refractivity contribution is 9.10. The predicted octanol–water partition coefficient (Wildman–Crippen LogP) is 2.74. The number of pyridine rings is 1. The fourth-order valence-corrected chi connectivity index (χ4v) is 1.79. The van der Waals surface area contributed by atoms with E-state index in [1.807, 2.05) is 24.3 Å². The van der Waals surface area contributed by atoms with Gasteiger partial charge in [-0.25, -0.2) is 4.98 Å². The SMILES string of the molecule is COc1cc(CNCc2ccc(Br)o2)ccn1. The van der Waals surface area contributed by atoms with E-state index in [-0.39, 0.29) is 0 Å². The maximum atomic E-state index is 5.38. The Morgan fingerprint density at radius 1 is 1.35 bits per heavy atom. The number of furan rings is 1. The van der Waals surface area contributed by atoms with Crippen molar-refractivity contribution in [3.05, 3.63) is 46.5 Å². The first-order chi connectivity index (χ1) is 8.28. The van der Waals surface area contributed by atoms with Gasteiger partial charge in [0, 0.05) is 18.8 Å². The number of nitrogens with one attached hydrogen (secondary N) is 1. The van der Waals surface area contributed by atoms with Crippen LogP contribution < -0.4 is 10.1 Å². The van der Waals surface area contributed by atoms with Crippen molar-refractivity contribution in [3.63, 3.8) is 0 Å². The summed E-state index contributed by atoms with van der Waals surface area (Å²) in [5.41, 5.74) is 1.13. The van der Waals surface area contributed by atoms with E-state index in [0.717, 1.165) is 22.5 Å². The van der Waals surface area contributed by atoms with Crippen LogP contribution in [-0.4, -0.2) is 12.1 Å². The second-order valence-electron chi connectivity index (χ2n) is 3.52. The Morgan fingerprint density at radius 2 is 2.24 bits per heavy atom. The van der Waals surface area contributed by atoms with Gasteiger partial charge in [0.15, 0.2) is 4.67 Å². The molecule has 17 heavy (non-hydrogen) atoms. The number of methoxy groups -OCH3 is 1. The molecule has 2 aromatic rings. The maximum absolute atomic E-state index is 5.38. The summed E-state index contributed by atoms with van der Waals surface area (Å²) in [6.07, 6.45) is 1.74. The predicted molar refractivity (Wildman–Crippen MR) is 67.7 cm³/mol. The first kappa shape index (κ1) is 12.1. The van der Waals surface area contributed by atoms with Crippen molar-refractivity contribution in [2.24, 2.45) is 0 Å². The maximum Gasteiger partial charge on any atom is 0.213 e. The number of hydrogen-bond acceptors (Lipinski definition) is 4. The molecule has 0 bridgehead atoms. The largest absolute Gasteiger partial charge is 0.481 e. The van der Waals surface area contributed by atoms with Crippen LogP contribution in [-0.2, 0) is 13.1 Å².